The molecule has 26 heavy (non-hydrogen) atoms. The number of hydrogen-bond acceptors (Lipinski definition) is 5. The number of carbonyl (C=O) groups is 1. The Balaban J connectivity index is 1.43. The van der Waals surface area contributed by atoms with Gasteiger partial charge >= 0.3 is 6.03 Å². The van der Waals surface area contributed by atoms with E-state index in [2.05, 4.69) is 14.9 Å². The Hall–Kier alpha value is -1.90. The summed E-state index contributed by atoms with van der Waals surface area (Å²) in [6, 6.07) is -0.159. The number of alkyl halides is 2. The number of nitrogens with zero attached hydrogens (tertiary/aromatic N) is 5. The molecule has 2 amide bonds. The Bertz CT molecular complexity index is 741. The minimum Gasteiger partial charge on any atom is -0.340 e. The highest BCUT2D eigenvalue weighted by Gasteiger charge is 2.58. The van der Waals surface area contributed by atoms with E-state index in [1.807, 2.05) is 19.3 Å². The molecule has 1 aromatic rings. The molecule has 9 heteroatoms. The van der Waals surface area contributed by atoms with Crippen LogP contribution in [0.2, 0.25) is 0 Å². The maximum atomic E-state index is 13.2. The average Bonchev–Trinajstić information content (AvgIpc) is 2.88. The fourth-order valence-corrected chi connectivity index (χ4v) is 4.49. The van der Waals surface area contributed by atoms with Gasteiger partial charge in [0.05, 0.1) is 24.1 Å². The van der Waals surface area contributed by atoms with Gasteiger partial charge in [0, 0.05) is 43.9 Å². The molecule has 2 aliphatic heterocycles. The number of aromatic nitrogens is 2. The minimum atomic E-state index is -2.59. The second-order valence-corrected chi connectivity index (χ2v) is 8.01. The molecule has 4 rings (SSSR count). The molecule has 2 unspecified atom stereocenters. The normalized spacial score (nSPS) is 27.3. The smallest absolute Gasteiger partial charge is 0.322 e. The van der Waals surface area contributed by atoms with Gasteiger partial charge in [-0.2, -0.15) is 0 Å². The number of hydrogen-bond donors (Lipinski definition) is 0. The second-order valence-electron chi connectivity index (χ2n) is 7.08. The lowest BCUT2D eigenvalue weighted by atomic mass is 10.3. The van der Waals surface area contributed by atoms with E-state index in [0.717, 1.165) is 17.1 Å². The summed E-state index contributed by atoms with van der Waals surface area (Å²) < 4.78 is 26.3. The maximum absolute atomic E-state index is 13.2. The number of allylic oxidation sites excluding steroid dienone is 1. The monoisotopic (exact) mass is 381 g/mol. The zero-order valence-electron chi connectivity index (χ0n) is 14.7. The molecule has 0 aromatic carbocycles. The summed E-state index contributed by atoms with van der Waals surface area (Å²) in [4.78, 5) is 26.8. The Kier molecular flexibility index (Phi) is 4.29. The predicted molar refractivity (Wildman–Crippen MR) is 94.2 cm³/mol. The largest absolute Gasteiger partial charge is 0.340 e. The first-order chi connectivity index (χ1) is 12.3. The third-order valence-electron chi connectivity index (χ3n) is 5.04. The molecule has 1 aliphatic carbocycles. The molecule has 1 aromatic heterocycles. The SMILES string of the molecule is CC1=CSC(N2CCN(CC3CC3(F)F)C2=O)N1Cc1cnc(C)cn1. The Morgan fingerprint density at radius 2 is 2.04 bits per heavy atom. The van der Waals surface area contributed by atoms with Crippen LogP contribution in [0.3, 0.4) is 0 Å². The molecule has 1 saturated heterocycles. The fourth-order valence-electron chi connectivity index (χ4n) is 3.30. The maximum Gasteiger partial charge on any atom is 0.322 e. The topological polar surface area (TPSA) is 52.6 Å². The summed E-state index contributed by atoms with van der Waals surface area (Å²) in [5, 5.41) is 2.03. The van der Waals surface area contributed by atoms with Gasteiger partial charge in [-0.05, 0) is 19.3 Å². The minimum absolute atomic E-state index is 0.103. The van der Waals surface area contributed by atoms with E-state index in [1.54, 1.807) is 34.0 Å². The lowest BCUT2D eigenvalue weighted by Crippen LogP contribution is -2.45. The number of carbonyl (C=O) groups excluding carboxylic acids is 1. The van der Waals surface area contributed by atoms with Crippen LogP contribution in [0.25, 0.3) is 0 Å². The van der Waals surface area contributed by atoms with Crippen molar-refractivity contribution in [1.29, 1.82) is 0 Å². The van der Waals surface area contributed by atoms with Crippen LogP contribution in [0, 0.1) is 12.8 Å². The molecular formula is C17H21F2N5OS. The van der Waals surface area contributed by atoms with Crippen LogP contribution in [0.5, 0.6) is 0 Å². The number of urea groups is 1. The highest BCUT2D eigenvalue weighted by atomic mass is 32.2. The van der Waals surface area contributed by atoms with Crippen molar-refractivity contribution in [2.75, 3.05) is 19.6 Å². The van der Waals surface area contributed by atoms with Crippen LogP contribution in [0.1, 0.15) is 24.7 Å². The van der Waals surface area contributed by atoms with Crippen molar-refractivity contribution < 1.29 is 13.6 Å². The first-order valence-corrected chi connectivity index (χ1v) is 9.59. The molecule has 0 radical (unpaired) electrons. The predicted octanol–water partition coefficient (Wildman–Crippen LogP) is 2.87. The van der Waals surface area contributed by atoms with Gasteiger partial charge in [-0.15, -0.1) is 0 Å². The van der Waals surface area contributed by atoms with E-state index in [-0.39, 0.29) is 24.5 Å². The van der Waals surface area contributed by atoms with Crippen LogP contribution >= 0.6 is 11.8 Å². The summed E-state index contributed by atoms with van der Waals surface area (Å²) in [5.41, 5.74) is 2.57. The summed E-state index contributed by atoms with van der Waals surface area (Å²) in [6.45, 7) is 5.63. The molecule has 0 spiro atoms. The lowest BCUT2D eigenvalue weighted by molar-refractivity contribution is 0.0911. The van der Waals surface area contributed by atoms with E-state index in [9.17, 15) is 13.6 Å². The van der Waals surface area contributed by atoms with Crippen LogP contribution in [-0.4, -0.2) is 61.8 Å². The van der Waals surface area contributed by atoms with Crippen molar-refractivity contribution in [3.05, 3.63) is 34.9 Å². The lowest BCUT2D eigenvalue weighted by Gasteiger charge is -2.33. The third kappa shape index (κ3) is 3.24. The zero-order chi connectivity index (χ0) is 18.5. The third-order valence-corrected chi connectivity index (χ3v) is 6.27. The number of amides is 2. The summed E-state index contributed by atoms with van der Waals surface area (Å²) in [5.74, 6) is -3.27. The van der Waals surface area contributed by atoms with Gasteiger partial charge in [0.15, 0.2) is 5.50 Å². The van der Waals surface area contributed by atoms with Crippen LogP contribution in [0.15, 0.2) is 23.5 Å². The molecule has 6 nitrogen and oxygen atoms in total. The summed E-state index contributed by atoms with van der Waals surface area (Å²) in [7, 11) is 0. The van der Waals surface area contributed by atoms with Gasteiger partial charge in [0.2, 0.25) is 0 Å². The van der Waals surface area contributed by atoms with Gasteiger partial charge in [-0.1, -0.05) is 11.8 Å². The van der Waals surface area contributed by atoms with E-state index in [1.165, 1.54) is 0 Å². The Morgan fingerprint density at radius 1 is 1.27 bits per heavy atom. The fraction of sp³-hybridized carbons (Fsp3) is 0.588. The molecule has 2 atom stereocenters. The van der Waals surface area contributed by atoms with Crippen LogP contribution in [0.4, 0.5) is 13.6 Å². The van der Waals surface area contributed by atoms with Crippen LogP contribution < -0.4 is 0 Å². The van der Waals surface area contributed by atoms with Gasteiger partial charge in [-0.3, -0.25) is 14.9 Å². The molecule has 2 fully saturated rings. The first kappa shape index (κ1) is 17.5. The molecule has 3 aliphatic rings. The standard InChI is InChI=1S/C17H21F2N5OS/c1-11-6-21-14(7-20-11)9-24-12(2)10-26-16(24)23-4-3-22(15(23)25)8-13-5-17(13,18)19/h6-7,10,13,16H,3-5,8-9H2,1-2H3. The highest BCUT2D eigenvalue weighted by Crippen LogP contribution is 2.49. The number of halogens is 2. The van der Waals surface area contributed by atoms with Crippen molar-refractivity contribution in [1.82, 2.24) is 24.7 Å². The molecule has 1 saturated carbocycles. The molecular weight excluding hydrogens is 360 g/mol. The van der Waals surface area contributed by atoms with E-state index in [0.29, 0.717) is 19.6 Å². The zero-order valence-corrected chi connectivity index (χ0v) is 15.5. The quantitative estimate of drug-likeness (QED) is 0.785. The van der Waals surface area contributed by atoms with Gasteiger partial charge < -0.3 is 9.80 Å². The second kappa shape index (κ2) is 6.37. The molecule has 140 valence electrons. The van der Waals surface area contributed by atoms with Crippen molar-refractivity contribution >= 4 is 17.8 Å². The molecule has 3 heterocycles. The highest BCUT2D eigenvalue weighted by molar-refractivity contribution is 8.02. The van der Waals surface area contributed by atoms with Gasteiger partial charge in [0.1, 0.15) is 0 Å². The van der Waals surface area contributed by atoms with Gasteiger partial charge in [-0.25, -0.2) is 13.6 Å². The Labute approximate surface area is 155 Å². The van der Waals surface area contributed by atoms with E-state index in [4.69, 9.17) is 0 Å². The van der Waals surface area contributed by atoms with Crippen molar-refractivity contribution in [2.45, 2.75) is 38.2 Å². The molecule has 0 N–H and O–H groups in total. The van der Waals surface area contributed by atoms with Crippen LogP contribution in [-0.2, 0) is 6.54 Å². The van der Waals surface area contributed by atoms with Crippen molar-refractivity contribution in [2.24, 2.45) is 5.92 Å². The average molecular weight is 381 g/mol. The van der Waals surface area contributed by atoms with E-state index >= 15 is 0 Å². The van der Waals surface area contributed by atoms with Gasteiger partial charge in [0.25, 0.3) is 5.92 Å². The summed E-state index contributed by atoms with van der Waals surface area (Å²) >= 11 is 1.56. The van der Waals surface area contributed by atoms with Crippen molar-refractivity contribution in [3.8, 4) is 0 Å². The summed E-state index contributed by atoms with van der Waals surface area (Å²) in [6.07, 6.45) is 3.37. The molecule has 0 bridgehead atoms. The van der Waals surface area contributed by atoms with Crippen molar-refractivity contribution in [3.63, 3.8) is 0 Å². The first-order valence-electron chi connectivity index (χ1n) is 8.65. The number of rotatable bonds is 5. The van der Waals surface area contributed by atoms with E-state index < -0.39 is 11.8 Å². The number of aryl methyl sites for hydroxylation is 1. The Morgan fingerprint density at radius 3 is 2.69 bits per heavy atom. The number of thioether (sulfide) groups is 1.